The highest BCUT2D eigenvalue weighted by Gasteiger charge is 2.47. The van der Waals surface area contributed by atoms with Crippen LogP contribution in [-0.4, -0.2) is 19.2 Å². The van der Waals surface area contributed by atoms with Gasteiger partial charge >= 0.3 is 0 Å². The van der Waals surface area contributed by atoms with Crippen molar-refractivity contribution >= 4 is 38.6 Å². The van der Waals surface area contributed by atoms with Gasteiger partial charge in [0.05, 0.1) is 10.1 Å². The molecule has 0 aliphatic rings. The first-order valence-corrected chi connectivity index (χ1v) is 13.1. The molecule has 0 radical (unpaired) electrons. The van der Waals surface area contributed by atoms with Crippen molar-refractivity contribution in [3.63, 3.8) is 0 Å². The van der Waals surface area contributed by atoms with E-state index in [4.69, 9.17) is 13.0 Å². The molecule has 0 atom stereocenters. The summed E-state index contributed by atoms with van der Waals surface area (Å²) in [5, 5.41) is 5.55. The molecule has 0 unspecified atom stereocenters. The lowest BCUT2D eigenvalue weighted by Gasteiger charge is -2.27. The van der Waals surface area contributed by atoms with Crippen LogP contribution in [0.5, 0.6) is 0 Å². The van der Waals surface area contributed by atoms with Crippen LogP contribution in [-0.2, 0) is 10.1 Å². The second-order valence-electron chi connectivity index (χ2n) is 6.72. The van der Waals surface area contributed by atoms with E-state index >= 15 is 0 Å². The van der Waals surface area contributed by atoms with Gasteiger partial charge in [-0.05, 0) is 48.5 Å². The Morgan fingerprint density at radius 1 is 0.500 bits per heavy atom. The fraction of sp³-hybridized carbons (Fsp3) is 0.0400. The summed E-state index contributed by atoms with van der Waals surface area (Å²) in [5.74, 6) is 0. The SMILES string of the molecule is CS(=O)(=O)[O-].c1ccc([P+](c2ccccc2)(c2ccccc2)c2ccccc2)cc1. The van der Waals surface area contributed by atoms with Crippen molar-refractivity contribution in [2.75, 3.05) is 6.26 Å². The first-order valence-electron chi connectivity index (χ1n) is 9.45. The van der Waals surface area contributed by atoms with E-state index in [1.807, 2.05) is 0 Å². The molecule has 0 aliphatic carbocycles. The quantitative estimate of drug-likeness (QED) is 0.365. The monoisotopic (exact) mass is 434 g/mol. The van der Waals surface area contributed by atoms with E-state index in [1.165, 1.54) is 21.2 Å². The standard InChI is InChI=1S/C24H20P.CH4O3S/c1-5-13-21(14-6-1)25(22-15-7-2-8-16-22,23-17-9-3-10-18-23)24-19-11-4-12-20-24;1-5(2,3)4/h1-20H;1H3,(H,2,3,4)/q+1;/p-1. The van der Waals surface area contributed by atoms with Crippen LogP contribution in [0.2, 0.25) is 0 Å². The summed E-state index contributed by atoms with van der Waals surface area (Å²) in [6, 6.07) is 43.8. The molecule has 30 heavy (non-hydrogen) atoms. The van der Waals surface area contributed by atoms with Gasteiger partial charge in [0.15, 0.2) is 0 Å². The molecule has 0 aromatic heterocycles. The van der Waals surface area contributed by atoms with E-state index in [2.05, 4.69) is 121 Å². The minimum absolute atomic E-state index is 0.604. The van der Waals surface area contributed by atoms with Crippen molar-refractivity contribution in [1.29, 1.82) is 0 Å². The van der Waals surface area contributed by atoms with Crippen molar-refractivity contribution in [2.45, 2.75) is 0 Å². The predicted octanol–water partition coefficient (Wildman–Crippen LogP) is 3.47. The molecule has 0 saturated heterocycles. The number of benzene rings is 4. The van der Waals surface area contributed by atoms with Crippen molar-refractivity contribution in [1.82, 2.24) is 0 Å². The maximum absolute atomic E-state index is 9.08. The summed E-state index contributed by atoms with van der Waals surface area (Å²) in [5.41, 5.74) is 0. The van der Waals surface area contributed by atoms with E-state index in [0.29, 0.717) is 6.26 Å². The van der Waals surface area contributed by atoms with E-state index in [9.17, 15) is 0 Å². The van der Waals surface area contributed by atoms with Gasteiger partial charge in [-0.1, -0.05) is 72.8 Å². The van der Waals surface area contributed by atoms with Gasteiger partial charge in [-0.25, -0.2) is 8.42 Å². The predicted molar refractivity (Wildman–Crippen MR) is 127 cm³/mol. The van der Waals surface area contributed by atoms with Gasteiger partial charge in [0.1, 0.15) is 28.5 Å². The van der Waals surface area contributed by atoms with E-state index < -0.39 is 17.4 Å². The van der Waals surface area contributed by atoms with Gasteiger partial charge in [-0.15, -0.1) is 0 Å². The fourth-order valence-electron chi connectivity index (χ4n) is 3.50. The number of rotatable bonds is 4. The summed E-state index contributed by atoms with van der Waals surface area (Å²) < 4.78 is 27.2. The molecule has 152 valence electrons. The Hall–Kier alpha value is -2.78. The lowest BCUT2D eigenvalue weighted by molar-refractivity contribution is 0.470. The average molecular weight is 434 g/mol. The third-order valence-electron chi connectivity index (χ3n) is 4.57. The summed E-state index contributed by atoms with van der Waals surface area (Å²) in [4.78, 5) is 0. The molecule has 0 spiro atoms. The van der Waals surface area contributed by atoms with Gasteiger partial charge in [-0.2, -0.15) is 0 Å². The molecule has 3 nitrogen and oxygen atoms in total. The normalized spacial score (nSPS) is 11.3. The minimum Gasteiger partial charge on any atom is -0.748 e. The molecule has 0 bridgehead atoms. The molecule has 4 aromatic carbocycles. The summed E-state index contributed by atoms with van der Waals surface area (Å²) >= 11 is 0. The largest absolute Gasteiger partial charge is 0.748 e. The van der Waals surface area contributed by atoms with Crippen LogP contribution in [0.25, 0.3) is 0 Å². The van der Waals surface area contributed by atoms with Crippen molar-refractivity contribution in [3.8, 4) is 0 Å². The van der Waals surface area contributed by atoms with Crippen LogP contribution in [0.3, 0.4) is 0 Å². The maximum Gasteiger partial charge on any atom is 0.144 e. The highest BCUT2D eigenvalue weighted by molar-refractivity contribution is 8.01. The van der Waals surface area contributed by atoms with Gasteiger partial charge in [0, 0.05) is 6.26 Å². The van der Waals surface area contributed by atoms with Crippen LogP contribution in [0.15, 0.2) is 121 Å². The smallest absolute Gasteiger partial charge is 0.144 e. The zero-order chi connectivity index (χ0) is 21.5. The van der Waals surface area contributed by atoms with Crippen LogP contribution in [0, 0.1) is 0 Å². The second kappa shape index (κ2) is 9.82. The molecule has 0 N–H and O–H groups in total. The van der Waals surface area contributed by atoms with Crippen LogP contribution in [0.4, 0.5) is 0 Å². The number of hydrogen-bond donors (Lipinski definition) is 0. The lowest BCUT2D eigenvalue weighted by Crippen LogP contribution is -2.38. The molecule has 0 fully saturated rings. The second-order valence-corrected chi connectivity index (χ2v) is 11.5. The highest BCUT2D eigenvalue weighted by atomic mass is 32.2. The molecule has 0 aliphatic heterocycles. The highest BCUT2D eigenvalue weighted by Crippen LogP contribution is 2.53. The summed E-state index contributed by atoms with van der Waals surface area (Å²) in [6.07, 6.45) is 0.604. The molecule has 5 heteroatoms. The molecule has 0 heterocycles. The minimum atomic E-state index is -3.92. The fourth-order valence-corrected chi connectivity index (χ4v) is 7.77. The molecular weight excluding hydrogens is 411 g/mol. The van der Waals surface area contributed by atoms with E-state index in [1.54, 1.807) is 0 Å². The van der Waals surface area contributed by atoms with Gasteiger partial charge in [0.25, 0.3) is 0 Å². The van der Waals surface area contributed by atoms with Crippen molar-refractivity contribution in [2.24, 2.45) is 0 Å². The van der Waals surface area contributed by atoms with Crippen LogP contribution < -0.4 is 21.2 Å². The van der Waals surface area contributed by atoms with Crippen LogP contribution >= 0.6 is 7.26 Å². The molecular formula is C25H23O3PS. The summed E-state index contributed by atoms with van der Waals surface area (Å²) in [6.45, 7) is 0. The lowest BCUT2D eigenvalue weighted by atomic mass is 10.3. The Morgan fingerprint density at radius 3 is 0.833 bits per heavy atom. The Bertz CT molecular complexity index is 977. The van der Waals surface area contributed by atoms with E-state index in [-0.39, 0.29) is 0 Å². The van der Waals surface area contributed by atoms with E-state index in [0.717, 1.165) is 0 Å². The summed E-state index contributed by atoms with van der Waals surface area (Å²) in [7, 11) is -5.82. The first kappa shape index (κ1) is 21.9. The third kappa shape index (κ3) is 5.22. The number of hydrogen-bond acceptors (Lipinski definition) is 3. The van der Waals surface area contributed by atoms with Gasteiger partial charge in [0.2, 0.25) is 0 Å². The zero-order valence-electron chi connectivity index (χ0n) is 16.6. The molecule has 0 amide bonds. The van der Waals surface area contributed by atoms with Crippen molar-refractivity contribution in [3.05, 3.63) is 121 Å². The Kier molecular flexibility index (Phi) is 7.17. The maximum atomic E-state index is 9.08. The zero-order valence-corrected chi connectivity index (χ0v) is 18.3. The Morgan fingerprint density at radius 2 is 0.667 bits per heavy atom. The average Bonchev–Trinajstić information content (AvgIpc) is 2.76. The molecule has 4 aromatic rings. The van der Waals surface area contributed by atoms with Crippen molar-refractivity contribution < 1.29 is 13.0 Å². The molecule has 0 saturated carbocycles. The van der Waals surface area contributed by atoms with Crippen LogP contribution in [0.1, 0.15) is 0 Å². The topological polar surface area (TPSA) is 57.2 Å². The molecule has 4 rings (SSSR count). The Balaban J connectivity index is 0.000000461. The first-order chi connectivity index (χ1) is 14.4. The third-order valence-corrected chi connectivity index (χ3v) is 8.86. The van der Waals surface area contributed by atoms with Gasteiger partial charge < -0.3 is 4.55 Å². The van der Waals surface area contributed by atoms with Gasteiger partial charge in [-0.3, -0.25) is 0 Å². The Labute approximate surface area is 179 Å².